The van der Waals surface area contributed by atoms with E-state index < -0.39 is 0 Å². The Bertz CT molecular complexity index is 431. The van der Waals surface area contributed by atoms with Gasteiger partial charge in [-0.25, -0.2) is 4.98 Å². The van der Waals surface area contributed by atoms with Crippen LogP contribution in [0.2, 0.25) is 0 Å². The minimum atomic E-state index is 0.915. The maximum Gasteiger partial charge on any atom is 0.123 e. The summed E-state index contributed by atoms with van der Waals surface area (Å²) >= 11 is 1.77. The summed E-state index contributed by atoms with van der Waals surface area (Å²) in [6.45, 7) is 6.00. The molecule has 1 aromatic heterocycles. The maximum atomic E-state index is 4.65. The van der Waals surface area contributed by atoms with E-state index in [2.05, 4.69) is 31.0 Å². The molecular weight excluding hydrogens is 202 g/mol. The molecule has 0 spiro atoms. The topological polar surface area (TPSA) is 12.9 Å². The van der Waals surface area contributed by atoms with E-state index in [1.165, 1.54) is 16.1 Å². The highest BCUT2D eigenvalue weighted by atomic mass is 32.1. The van der Waals surface area contributed by atoms with Crippen molar-refractivity contribution in [1.82, 2.24) is 4.98 Å². The Hall–Kier alpha value is -1.15. The van der Waals surface area contributed by atoms with E-state index in [-0.39, 0.29) is 0 Å². The average molecular weight is 216 g/mol. The normalized spacial score (nSPS) is 10.5. The zero-order chi connectivity index (χ0) is 10.7. The molecule has 1 aromatic carbocycles. The van der Waals surface area contributed by atoms with Crippen molar-refractivity contribution in [2.24, 2.45) is 0 Å². The molecular formula is C13H14NS. The van der Waals surface area contributed by atoms with Crippen molar-refractivity contribution < 1.29 is 0 Å². The summed E-state index contributed by atoms with van der Waals surface area (Å²) in [6, 6.07) is 10.3. The molecule has 0 atom stereocenters. The molecule has 2 aromatic rings. The number of aryl methyl sites for hydroxylation is 2. The molecule has 2 heteroatoms. The zero-order valence-electron chi connectivity index (χ0n) is 8.86. The average Bonchev–Trinajstić information content (AvgIpc) is 2.63. The van der Waals surface area contributed by atoms with Crippen LogP contribution in [0.4, 0.5) is 0 Å². The summed E-state index contributed by atoms with van der Waals surface area (Å²) in [4.78, 5) is 5.97. The van der Waals surface area contributed by atoms with Crippen molar-refractivity contribution in [3.63, 3.8) is 0 Å². The monoisotopic (exact) mass is 216 g/mol. The van der Waals surface area contributed by atoms with Crippen LogP contribution in [0.1, 0.15) is 17.0 Å². The highest BCUT2D eigenvalue weighted by Crippen LogP contribution is 2.27. The largest absolute Gasteiger partial charge is 0.241 e. The molecule has 0 N–H and O–H groups in total. The molecule has 0 aliphatic rings. The molecule has 0 unspecified atom stereocenters. The Morgan fingerprint density at radius 2 is 2.00 bits per heavy atom. The number of aromatic nitrogens is 1. The standard InChI is InChI=1S/C13H14NS/c1-3-7-12-10(2)15-13(14-12)11-8-5-4-6-9-11/h4-6,8-9H,1,3,7H2,2H3. The molecule has 1 nitrogen and oxygen atoms in total. The molecule has 1 heterocycles. The van der Waals surface area contributed by atoms with Gasteiger partial charge in [-0.15, -0.1) is 11.3 Å². The Labute approximate surface area is 94.8 Å². The van der Waals surface area contributed by atoms with Crippen LogP contribution in [0.3, 0.4) is 0 Å². The highest BCUT2D eigenvalue weighted by molar-refractivity contribution is 7.15. The molecule has 0 amide bonds. The van der Waals surface area contributed by atoms with Gasteiger partial charge >= 0.3 is 0 Å². The molecule has 0 bridgehead atoms. The summed E-state index contributed by atoms with van der Waals surface area (Å²) in [6.07, 6.45) is 1.90. The smallest absolute Gasteiger partial charge is 0.123 e. The number of thiazole rings is 1. The Morgan fingerprint density at radius 3 is 2.67 bits per heavy atom. The predicted molar refractivity (Wildman–Crippen MR) is 66.0 cm³/mol. The molecule has 15 heavy (non-hydrogen) atoms. The molecule has 0 saturated heterocycles. The first-order valence-corrected chi connectivity index (χ1v) is 5.94. The van der Waals surface area contributed by atoms with Gasteiger partial charge in [0, 0.05) is 10.4 Å². The van der Waals surface area contributed by atoms with Gasteiger partial charge in [0.2, 0.25) is 0 Å². The van der Waals surface area contributed by atoms with Gasteiger partial charge in [0.15, 0.2) is 0 Å². The van der Waals surface area contributed by atoms with Gasteiger partial charge in [-0.05, 0) is 19.8 Å². The number of benzene rings is 1. The Balaban J connectivity index is 2.34. The van der Waals surface area contributed by atoms with Crippen LogP contribution in [-0.4, -0.2) is 4.98 Å². The van der Waals surface area contributed by atoms with Gasteiger partial charge in [0.25, 0.3) is 0 Å². The summed E-state index contributed by atoms with van der Waals surface area (Å²) in [5, 5.41) is 1.12. The first kappa shape index (κ1) is 10.4. The van der Waals surface area contributed by atoms with Crippen LogP contribution in [-0.2, 0) is 6.42 Å². The van der Waals surface area contributed by atoms with E-state index in [4.69, 9.17) is 0 Å². The molecule has 2 rings (SSSR count). The minimum absolute atomic E-state index is 0.915. The number of hydrogen-bond acceptors (Lipinski definition) is 2. The molecule has 0 fully saturated rings. The first-order chi connectivity index (χ1) is 7.31. The fourth-order valence-corrected chi connectivity index (χ4v) is 2.50. The quantitative estimate of drug-likeness (QED) is 0.758. The Kier molecular flexibility index (Phi) is 3.17. The van der Waals surface area contributed by atoms with Crippen molar-refractivity contribution in [3.8, 4) is 10.6 Å². The van der Waals surface area contributed by atoms with Crippen LogP contribution >= 0.6 is 11.3 Å². The van der Waals surface area contributed by atoms with E-state index in [0.717, 1.165) is 17.8 Å². The lowest BCUT2D eigenvalue weighted by Crippen LogP contribution is -1.85. The predicted octanol–water partition coefficient (Wildman–Crippen LogP) is 3.89. The summed E-state index contributed by atoms with van der Waals surface area (Å²) in [7, 11) is 0. The van der Waals surface area contributed by atoms with Gasteiger partial charge in [-0.1, -0.05) is 37.3 Å². The molecule has 0 aliphatic carbocycles. The lowest BCUT2D eigenvalue weighted by molar-refractivity contribution is 0.947. The van der Waals surface area contributed by atoms with E-state index >= 15 is 0 Å². The van der Waals surface area contributed by atoms with Gasteiger partial charge in [0.1, 0.15) is 5.01 Å². The summed E-state index contributed by atoms with van der Waals surface area (Å²) in [5.74, 6) is 0. The third-order valence-electron chi connectivity index (χ3n) is 2.33. The van der Waals surface area contributed by atoms with E-state index in [1.807, 2.05) is 18.2 Å². The van der Waals surface area contributed by atoms with Crippen LogP contribution < -0.4 is 0 Å². The third kappa shape index (κ3) is 2.26. The van der Waals surface area contributed by atoms with Crippen LogP contribution in [0.5, 0.6) is 0 Å². The number of rotatable bonds is 3. The fraction of sp³-hybridized carbons (Fsp3) is 0.231. The van der Waals surface area contributed by atoms with E-state index in [0.29, 0.717) is 0 Å². The van der Waals surface area contributed by atoms with E-state index in [9.17, 15) is 0 Å². The Morgan fingerprint density at radius 1 is 1.27 bits per heavy atom. The SMILES string of the molecule is [CH2]CCc1nc(-c2ccccc2)sc1C. The van der Waals surface area contributed by atoms with Gasteiger partial charge < -0.3 is 0 Å². The van der Waals surface area contributed by atoms with Crippen molar-refractivity contribution >= 4 is 11.3 Å². The molecule has 0 saturated carbocycles. The molecule has 77 valence electrons. The molecule has 0 aliphatic heterocycles. The second-order valence-electron chi connectivity index (χ2n) is 3.49. The van der Waals surface area contributed by atoms with Gasteiger partial charge in [0.05, 0.1) is 5.69 Å². The lowest BCUT2D eigenvalue weighted by atomic mass is 10.2. The van der Waals surface area contributed by atoms with Crippen molar-refractivity contribution in [2.45, 2.75) is 19.8 Å². The van der Waals surface area contributed by atoms with Crippen LogP contribution in [0, 0.1) is 13.8 Å². The number of hydrogen-bond donors (Lipinski definition) is 0. The fourth-order valence-electron chi connectivity index (χ4n) is 1.53. The summed E-state index contributed by atoms with van der Waals surface area (Å²) in [5.41, 5.74) is 2.41. The highest BCUT2D eigenvalue weighted by Gasteiger charge is 2.07. The van der Waals surface area contributed by atoms with Crippen molar-refractivity contribution in [2.75, 3.05) is 0 Å². The minimum Gasteiger partial charge on any atom is -0.241 e. The maximum absolute atomic E-state index is 4.65. The third-order valence-corrected chi connectivity index (χ3v) is 3.39. The van der Waals surface area contributed by atoms with Gasteiger partial charge in [-0.3, -0.25) is 0 Å². The van der Waals surface area contributed by atoms with E-state index in [1.54, 1.807) is 11.3 Å². The number of nitrogens with zero attached hydrogens (tertiary/aromatic N) is 1. The second-order valence-corrected chi connectivity index (χ2v) is 4.69. The lowest BCUT2D eigenvalue weighted by Gasteiger charge is -1.93. The van der Waals surface area contributed by atoms with Crippen LogP contribution in [0.25, 0.3) is 10.6 Å². The van der Waals surface area contributed by atoms with Crippen molar-refractivity contribution in [1.29, 1.82) is 0 Å². The van der Waals surface area contributed by atoms with Crippen LogP contribution in [0.15, 0.2) is 30.3 Å². The second kappa shape index (κ2) is 4.58. The van der Waals surface area contributed by atoms with Crippen molar-refractivity contribution in [3.05, 3.63) is 47.8 Å². The molecule has 1 radical (unpaired) electrons. The summed E-state index contributed by atoms with van der Waals surface area (Å²) < 4.78 is 0. The van der Waals surface area contributed by atoms with Gasteiger partial charge in [-0.2, -0.15) is 0 Å². The first-order valence-electron chi connectivity index (χ1n) is 5.12. The zero-order valence-corrected chi connectivity index (χ0v) is 9.68.